The number of aliphatic hydroxyl groups is 1. The smallest absolute Gasteiger partial charge is 0.313 e. The first-order chi connectivity index (χ1) is 10.4. The molecule has 0 saturated carbocycles. The molecular weight excluding hydrogens is 290 g/mol. The largest absolute Gasteiger partial charge is 0.393 e. The molecule has 22 heavy (non-hydrogen) atoms. The van der Waals surface area contributed by atoms with Crippen molar-refractivity contribution in [1.82, 2.24) is 4.90 Å². The van der Waals surface area contributed by atoms with Crippen LogP contribution in [0.2, 0.25) is 0 Å². The van der Waals surface area contributed by atoms with E-state index in [1.54, 1.807) is 6.92 Å². The standard InChI is InChI=1S/C14H17N3O5/c1-9-8-10(17(21)22)2-3-12(9)15-13(19)14(20)16-6-4-11(18)5-7-16/h2-3,8,11,18H,4-7H2,1H3,(H,15,19). The lowest BCUT2D eigenvalue weighted by Crippen LogP contribution is -2.45. The number of hydrogen-bond acceptors (Lipinski definition) is 5. The summed E-state index contributed by atoms with van der Waals surface area (Å²) in [5.41, 5.74) is 0.789. The van der Waals surface area contributed by atoms with Crippen LogP contribution >= 0.6 is 0 Å². The minimum absolute atomic E-state index is 0.0770. The number of benzene rings is 1. The second-order valence-electron chi connectivity index (χ2n) is 5.23. The van der Waals surface area contributed by atoms with Crippen molar-refractivity contribution in [1.29, 1.82) is 0 Å². The predicted molar refractivity (Wildman–Crippen MR) is 78.3 cm³/mol. The van der Waals surface area contributed by atoms with Crippen molar-refractivity contribution < 1.29 is 19.6 Å². The number of non-ortho nitro benzene ring substituents is 1. The van der Waals surface area contributed by atoms with Gasteiger partial charge in [-0.25, -0.2) is 0 Å². The van der Waals surface area contributed by atoms with Crippen molar-refractivity contribution in [2.24, 2.45) is 0 Å². The first-order valence-corrected chi connectivity index (χ1v) is 6.92. The van der Waals surface area contributed by atoms with E-state index in [9.17, 15) is 24.8 Å². The Morgan fingerprint density at radius 1 is 1.36 bits per heavy atom. The lowest BCUT2D eigenvalue weighted by molar-refractivity contribution is -0.384. The number of nitrogens with one attached hydrogen (secondary N) is 1. The molecule has 118 valence electrons. The Hall–Kier alpha value is -2.48. The molecule has 1 heterocycles. The maximum atomic E-state index is 12.0. The van der Waals surface area contributed by atoms with Crippen LogP contribution in [0.25, 0.3) is 0 Å². The zero-order valence-electron chi connectivity index (χ0n) is 12.1. The summed E-state index contributed by atoms with van der Waals surface area (Å²) in [6.45, 7) is 2.30. The Bertz CT molecular complexity index is 608. The normalized spacial score (nSPS) is 15.5. The van der Waals surface area contributed by atoms with E-state index in [1.165, 1.54) is 23.1 Å². The Labute approximate surface area is 126 Å². The topological polar surface area (TPSA) is 113 Å². The monoisotopic (exact) mass is 307 g/mol. The maximum absolute atomic E-state index is 12.0. The van der Waals surface area contributed by atoms with Gasteiger partial charge in [0.05, 0.1) is 11.0 Å². The van der Waals surface area contributed by atoms with E-state index in [-0.39, 0.29) is 5.69 Å². The zero-order valence-corrected chi connectivity index (χ0v) is 12.1. The van der Waals surface area contributed by atoms with Gasteiger partial charge in [-0.15, -0.1) is 0 Å². The van der Waals surface area contributed by atoms with Gasteiger partial charge in [-0.05, 0) is 31.4 Å². The van der Waals surface area contributed by atoms with Crippen LogP contribution in [0.15, 0.2) is 18.2 Å². The van der Waals surface area contributed by atoms with Crippen LogP contribution in [0.3, 0.4) is 0 Å². The highest BCUT2D eigenvalue weighted by Crippen LogP contribution is 2.21. The maximum Gasteiger partial charge on any atom is 0.313 e. The summed E-state index contributed by atoms with van der Waals surface area (Å²) in [6, 6.07) is 4.00. The molecule has 0 unspecified atom stereocenters. The summed E-state index contributed by atoms with van der Waals surface area (Å²) in [5.74, 6) is -1.45. The molecule has 8 nitrogen and oxygen atoms in total. The van der Waals surface area contributed by atoms with Crippen molar-refractivity contribution >= 4 is 23.2 Å². The van der Waals surface area contributed by atoms with E-state index in [2.05, 4.69) is 5.32 Å². The van der Waals surface area contributed by atoms with Gasteiger partial charge in [0.2, 0.25) is 0 Å². The predicted octanol–water partition coefficient (Wildman–Crippen LogP) is 0.825. The van der Waals surface area contributed by atoms with Gasteiger partial charge in [0.15, 0.2) is 0 Å². The van der Waals surface area contributed by atoms with Crippen LogP contribution in [-0.2, 0) is 9.59 Å². The van der Waals surface area contributed by atoms with E-state index < -0.39 is 22.8 Å². The summed E-state index contributed by atoms with van der Waals surface area (Å²) in [4.78, 5) is 35.5. The quantitative estimate of drug-likeness (QED) is 0.477. The fourth-order valence-electron chi connectivity index (χ4n) is 2.29. The Balaban J connectivity index is 2.02. The fraction of sp³-hybridized carbons (Fsp3) is 0.429. The van der Waals surface area contributed by atoms with Gasteiger partial charge < -0.3 is 15.3 Å². The Morgan fingerprint density at radius 3 is 2.55 bits per heavy atom. The lowest BCUT2D eigenvalue weighted by Gasteiger charge is -2.29. The molecule has 1 aliphatic rings. The van der Waals surface area contributed by atoms with Crippen molar-refractivity contribution in [2.75, 3.05) is 18.4 Å². The summed E-state index contributed by atoms with van der Waals surface area (Å²) in [6.07, 6.45) is 0.481. The molecule has 0 bridgehead atoms. The van der Waals surface area contributed by atoms with Crippen molar-refractivity contribution in [3.63, 3.8) is 0 Å². The van der Waals surface area contributed by atoms with Crippen LogP contribution in [0, 0.1) is 17.0 Å². The highest BCUT2D eigenvalue weighted by atomic mass is 16.6. The Kier molecular flexibility index (Phi) is 4.71. The molecule has 0 aliphatic carbocycles. The second-order valence-corrected chi connectivity index (χ2v) is 5.23. The molecule has 0 radical (unpaired) electrons. The molecule has 0 spiro atoms. The molecule has 0 aromatic heterocycles. The fourth-order valence-corrected chi connectivity index (χ4v) is 2.29. The molecule has 0 atom stereocenters. The molecule has 1 saturated heterocycles. The minimum atomic E-state index is -0.784. The molecule has 1 fully saturated rings. The van der Waals surface area contributed by atoms with E-state index >= 15 is 0 Å². The highest BCUT2D eigenvalue weighted by Gasteiger charge is 2.26. The van der Waals surface area contributed by atoms with Crippen LogP contribution in [0.4, 0.5) is 11.4 Å². The van der Waals surface area contributed by atoms with Gasteiger partial charge in [-0.2, -0.15) is 0 Å². The van der Waals surface area contributed by atoms with E-state index in [1.807, 2.05) is 0 Å². The van der Waals surface area contributed by atoms with Crippen molar-refractivity contribution in [3.05, 3.63) is 33.9 Å². The van der Waals surface area contributed by atoms with Gasteiger partial charge >= 0.3 is 11.8 Å². The van der Waals surface area contributed by atoms with Crippen LogP contribution in [-0.4, -0.2) is 45.9 Å². The molecule has 1 aliphatic heterocycles. The van der Waals surface area contributed by atoms with Gasteiger partial charge in [0.25, 0.3) is 5.69 Å². The number of piperidine rings is 1. The first-order valence-electron chi connectivity index (χ1n) is 6.92. The van der Waals surface area contributed by atoms with Gasteiger partial charge in [-0.3, -0.25) is 19.7 Å². The van der Waals surface area contributed by atoms with Crippen LogP contribution < -0.4 is 5.32 Å². The first kappa shape index (κ1) is 15.9. The summed E-state index contributed by atoms with van der Waals surface area (Å²) in [5, 5.41) is 22.5. The van der Waals surface area contributed by atoms with Gasteiger partial charge in [0.1, 0.15) is 0 Å². The number of carbonyl (C=O) groups is 2. The number of amides is 2. The third-order valence-electron chi connectivity index (χ3n) is 3.61. The summed E-state index contributed by atoms with van der Waals surface area (Å²) >= 11 is 0. The third kappa shape index (κ3) is 3.59. The lowest BCUT2D eigenvalue weighted by atomic mass is 10.1. The molecule has 2 N–H and O–H groups in total. The molecule has 2 amide bonds. The highest BCUT2D eigenvalue weighted by molar-refractivity contribution is 6.39. The van der Waals surface area contributed by atoms with Crippen LogP contribution in [0.1, 0.15) is 18.4 Å². The molecule has 8 heteroatoms. The summed E-state index contributed by atoms with van der Waals surface area (Å²) < 4.78 is 0. The number of likely N-dealkylation sites (tertiary alicyclic amines) is 1. The Morgan fingerprint density at radius 2 is 2.00 bits per heavy atom. The number of carbonyl (C=O) groups excluding carboxylic acids is 2. The SMILES string of the molecule is Cc1cc([N+](=O)[O-])ccc1NC(=O)C(=O)N1CCC(O)CC1. The summed E-state index contributed by atoms with van der Waals surface area (Å²) in [7, 11) is 0. The number of aliphatic hydroxyl groups excluding tert-OH is 1. The molecule has 2 rings (SSSR count). The number of hydrogen-bond donors (Lipinski definition) is 2. The molecule has 1 aromatic carbocycles. The van der Waals surface area contributed by atoms with E-state index in [0.29, 0.717) is 37.2 Å². The van der Waals surface area contributed by atoms with Crippen molar-refractivity contribution in [2.45, 2.75) is 25.9 Å². The second kappa shape index (κ2) is 6.52. The average molecular weight is 307 g/mol. The zero-order chi connectivity index (χ0) is 16.3. The average Bonchev–Trinajstić information content (AvgIpc) is 2.49. The van der Waals surface area contributed by atoms with Gasteiger partial charge in [0, 0.05) is 30.9 Å². The number of nitrogens with zero attached hydrogens (tertiary/aromatic N) is 2. The van der Waals surface area contributed by atoms with E-state index in [0.717, 1.165) is 0 Å². The molecule has 1 aromatic rings. The number of nitro benzene ring substituents is 1. The number of anilines is 1. The van der Waals surface area contributed by atoms with Crippen molar-refractivity contribution in [3.8, 4) is 0 Å². The third-order valence-corrected chi connectivity index (χ3v) is 3.61. The van der Waals surface area contributed by atoms with Gasteiger partial charge in [-0.1, -0.05) is 0 Å². The number of rotatable bonds is 2. The van der Waals surface area contributed by atoms with E-state index in [4.69, 9.17) is 0 Å². The number of aryl methyl sites for hydroxylation is 1. The minimum Gasteiger partial charge on any atom is -0.393 e. The van der Waals surface area contributed by atoms with Crippen LogP contribution in [0.5, 0.6) is 0 Å². The number of nitro groups is 1. The molecular formula is C14H17N3O5.